The van der Waals surface area contributed by atoms with Crippen LogP contribution in [0, 0.1) is 0 Å². The second kappa shape index (κ2) is 3.25. The van der Waals surface area contributed by atoms with E-state index in [1.165, 1.54) is 6.92 Å². The lowest BCUT2D eigenvalue weighted by atomic mass is 10.3. The van der Waals surface area contributed by atoms with Gasteiger partial charge in [0.25, 0.3) is 0 Å². The molecule has 0 spiro atoms. The third-order valence-electron chi connectivity index (χ3n) is 1.74. The van der Waals surface area contributed by atoms with Gasteiger partial charge in [-0.25, -0.2) is 0 Å². The zero-order chi connectivity index (χ0) is 11.0. The molecule has 0 amide bonds. The van der Waals surface area contributed by atoms with Gasteiger partial charge in [-0.05, 0) is 0 Å². The van der Waals surface area contributed by atoms with E-state index in [0.717, 1.165) is 0 Å². The molecule has 14 heavy (non-hydrogen) atoms. The van der Waals surface area contributed by atoms with Crippen molar-refractivity contribution in [2.75, 3.05) is 6.67 Å². The number of amidine groups is 1. The van der Waals surface area contributed by atoms with E-state index < -0.39 is 18.9 Å². The molecular formula is C6H8F5N3. The summed E-state index contributed by atoms with van der Waals surface area (Å²) in [5.74, 6) is -0.299. The Kier molecular flexibility index (Phi) is 2.55. The van der Waals surface area contributed by atoms with Crippen molar-refractivity contribution in [3.8, 4) is 0 Å². The van der Waals surface area contributed by atoms with Crippen LogP contribution in [0.25, 0.3) is 0 Å². The summed E-state index contributed by atoms with van der Waals surface area (Å²) < 4.78 is 61.3. The monoisotopic (exact) mass is 217 g/mol. The van der Waals surface area contributed by atoms with Crippen molar-refractivity contribution in [3.05, 3.63) is 0 Å². The molecule has 0 radical (unpaired) electrons. The third kappa shape index (κ3) is 1.60. The van der Waals surface area contributed by atoms with Crippen LogP contribution < -0.4 is 5.43 Å². The smallest absolute Gasteiger partial charge is 0.289 e. The number of nitrogens with zero attached hydrogens (tertiary/aromatic N) is 2. The fraction of sp³-hybridized carbons (Fsp3) is 0.833. The van der Waals surface area contributed by atoms with Crippen LogP contribution in [0.15, 0.2) is 5.10 Å². The van der Waals surface area contributed by atoms with E-state index in [1.54, 1.807) is 0 Å². The summed E-state index contributed by atoms with van der Waals surface area (Å²) in [5.41, 5.74) is 2.09. The minimum Gasteiger partial charge on any atom is -0.289 e. The predicted octanol–water partition coefficient (Wildman–Crippen LogP) is 1.73. The van der Waals surface area contributed by atoms with Crippen LogP contribution in [0.1, 0.15) is 13.3 Å². The Bertz CT molecular complexity index is 246. The summed E-state index contributed by atoms with van der Waals surface area (Å²) in [4.78, 5) is -0.0903. The minimum atomic E-state index is -5.59. The molecule has 0 saturated heterocycles. The summed E-state index contributed by atoms with van der Waals surface area (Å²) in [6.45, 7) is 0.820. The molecule has 1 N–H and O–H groups in total. The van der Waals surface area contributed by atoms with Crippen LogP contribution in [0.5, 0.6) is 0 Å². The van der Waals surface area contributed by atoms with Gasteiger partial charge in [0.05, 0.1) is 0 Å². The van der Waals surface area contributed by atoms with E-state index in [2.05, 4.69) is 10.5 Å². The topological polar surface area (TPSA) is 27.6 Å². The number of nitrogens with one attached hydrogen (secondary N) is 1. The molecule has 3 nitrogen and oxygen atoms in total. The van der Waals surface area contributed by atoms with Gasteiger partial charge in [0.15, 0.2) is 0 Å². The van der Waals surface area contributed by atoms with Crippen LogP contribution in [-0.4, -0.2) is 29.6 Å². The first-order valence-corrected chi connectivity index (χ1v) is 3.82. The maximum absolute atomic E-state index is 12.8. The predicted molar refractivity (Wildman–Crippen MR) is 38.6 cm³/mol. The van der Waals surface area contributed by atoms with Crippen LogP contribution in [-0.2, 0) is 0 Å². The van der Waals surface area contributed by atoms with Crippen LogP contribution in [0.4, 0.5) is 22.0 Å². The van der Waals surface area contributed by atoms with Crippen LogP contribution >= 0.6 is 0 Å². The van der Waals surface area contributed by atoms with Crippen molar-refractivity contribution >= 4 is 5.84 Å². The molecular weight excluding hydrogens is 209 g/mol. The largest absolute Gasteiger partial charge is 0.475 e. The molecule has 1 rings (SSSR count). The molecule has 0 bridgehead atoms. The molecule has 0 atom stereocenters. The highest BCUT2D eigenvalue weighted by Crippen LogP contribution is 2.39. The van der Waals surface area contributed by atoms with Gasteiger partial charge >= 0.3 is 12.2 Å². The zero-order valence-corrected chi connectivity index (χ0v) is 7.20. The average molecular weight is 217 g/mol. The number of hydrazone groups is 1. The molecule has 0 fully saturated rings. The molecule has 1 aliphatic heterocycles. The van der Waals surface area contributed by atoms with Gasteiger partial charge in [-0.2, -0.15) is 27.1 Å². The maximum atomic E-state index is 12.8. The maximum Gasteiger partial charge on any atom is 0.475 e. The molecule has 0 saturated carbocycles. The molecule has 0 unspecified atom stereocenters. The molecule has 0 aromatic carbocycles. The molecule has 0 aromatic rings. The van der Waals surface area contributed by atoms with Crippen molar-refractivity contribution in [1.82, 2.24) is 10.3 Å². The fourth-order valence-electron chi connectivity index (χ4n) is 1.03. The Morgan fingerprint density at radius 1 is 1.36 bits per heavy atom. The summed E-state index contributed by atoms with van der Waals surface area (Å²) in [6, 6.07) is -4.87. The lowest BCUT2D eigenvalue weighted by Crippen LogP contribution is -2.54. The number of rotatable bonds is 2. The SMILES string of the molecule is CCC1=NNCN1C(F)(F)C(F)(F)F. The molecule has 0 aromatic heterocycles. The number of hydrogen-bond acceptors (Lipinski definition) is 3. The Hall–Kier alpha value is -1.08. The minimum absolute atomic E-state index is 0.0126. The number of halogens is 5. The first-order valence-electron chi connectivity index (χ1n) is 3.82. The molecule has 1 heterocycles. The van der Waals surface area contributed by atoms with E-state index in [4.69, 9.17) is 0 Å². The normalized spacial score (nSPS) is 18.1. The molecule has 0 aliphatic carbocycles. The molecule has 8 heteroatoms. The molecule has 1 aliphatic rings. The van der Waals surface area contributed by atoms with Crippen LogP contribution in [0.3, 0.4) is 0 Å². The van der Waals surface area contributed by atoms with Crippen molar-refractivity contribution in [2.45, 2.75) is 25.6 Å². The Morgan fingerprint density at radius 3 is 2.36 bits per heavy atom. The lowest BCUT2D eigenvalue weighted by molar-refractivity contribution is -0.325. The zero-order valence-electron chi connectivity index (χ0n) is 7.20. The van der Waals surface area contributed by atoms with Crippen LogP contribution in [0.2, 0.25) is 0 Å². The van der Waals surface area contributed by atoms with E-state index in [0.29, 0.717) is 0 Å². The van der Waals surface area contributed by atoms with Crippen molar-refractivity contribution < 1.29 is 22.0 Å². The van der Waals surface area contributed by atoms with E-state index in [-0.39, 0.29) is 17.2 Å². The van der Waals surface area contributed by atoms with Gasteiger partial charge in [0.2, 0.25) is 0 Å². The van der Waals surface area contributed by atoms with Gasteiger partial charge in [0.1, 0.15) is 12.5 Å². The highest BCUT2D eigenvalue weighted by atomic mass is 19.4. The van der Waals surface area contributed by atoms with Gasteiger partial charge in [0, 0.05) is 6.42 Å². The Balaban J connectivity index is 2.89. The summed E-state index contributed by atoms with van der Waals surface area (Å²) in [6.07, 6.45) is -5.58. The number of hydrogen-bond donors (Lipinski definition) is 1. The van der Waals surface area contributed by atoms with Crippen molar-refractivity contribution in [2.24, 2.45) is 5.10 Å². The second-order valence-corrected chi connectivity index (χ2v) is 2.66. The standard InChI is InChI=1S/C6H8F5N3/c1-2-4-13-12-3-14(4)6(10,11)5(7,8)9/h12H,2-3H2,1H3. The first-order chi connectivity index (χ1) is 6.30. The Morgan fingerprint density at radius 2 is 1.93 bits per heavy atom. The van der Waals surface area contributed by atoms with Gasteiger partial charge in [-0.15, -0.1) is 0 Å². The van der Waals surface area contributed by atoms with Gasteiger partial charge < -0.3 is 0 Å². The summed E-state index contributed by atoms with van der Waals surface area (Å²) >= 11 is 0. The second-order valence-electron chi connectivity index (χ2n) is 2.66. The third-order valence-corrected chi connectivity index (χ3v) is 1.74. The van der Waals surface area contributed by atoms with E-state index in [9.17, 15) is 22.0 Å². The van der Waals surface area contributed by atoms with E-state index >= 15 is 0 Å². The Labute approximate surface area is 76.6 Å². The van der Waals surface area contributed by atoms with E-state index in [1.807, 2.05) is 0 Å². The quantitative estimate of drug-likeness (QED) is 0.563. The summed E-state index contributed by atoms with van der Waals surface area (Å²) in [5, 5.41) is 3.33. The molecule has 82 valence electrons. The lowest BCUT2D eigenvalue weighted by Gasteiger charge is -2.29. The number of alkyl halides is 5. The first kappa shape index (κ1) is 11.0. The van der Waals surface area contributed by atoms with Gasteiger partial charge in [-0.3, -0.25) is 10.3 Å². The van der Waals surface area contributed by atoms with Crippen molar-refractivity contribution in [1.29, 1.82) is 0 Å². The summed E-state index contributed by atoms with van der Waals surface area (Å²) in [7, 11) is 0. The van der Waals surface area contributed by atoms with Crippen molar-refractivity contribution in [3.63, 3.8) is 0 Å². The highest BCUT2D eigenvalue weighted by molar-refractivity contribution is 5.83. The highest BCUT2D eigenvalue weighted by Gasteiger charge is 2.63. The fourth-order valence-corrected chi connectivity index (χ4v) is 1.03. The average Bonchev–Trinajstić information content (AvgIpc) is 2.49. The van der Waals surface area contributed by atoms with Gasteiger partial charge in [-0.1, -0.05) is 6.92 Å².